The van der Waals surface area contributed by atoms with Crippen LogP contribution in [0.25, 0.3) is 0 Å². The maximum atomic E-state index is 11.6. The van der Waals surface area contributed by atoms with Gasteiger partial charge < -0.3 is 34.3 Å². The van der Waals surface area contributed by atoms with Crippen LogP contribution in [0.4, 0.5) is 0 Å². The summed E-state index contributed by atoms with van der Waals surface area (Å²) < 4.78 is 22.9. The SMILES string of the molecule is CCN1C2Cc3c(OC)c(C)c(OC)c(O)c3C1[C@@H]1Cc3c(O)c(C)c(OC)c(OC)c3[C@H](CO)N1[C@H]2C#N. The number of fused-ring (bicyclic) bond motifs is 7. The Morgan fingerprint density at radius 3 is 1.97 bits per heavy atom. The van der Waals surface area contributed by atoms with Crippen LogP contribution in [0, 0.1) is 25.2 Å². The van der Waals surface area contributed by atoms with Crippen molar-refractivity contribution in [2.75, 3.05) is 41.6 Å². The molecule has 10 nitrogen and oxygen atoms in total. The number of piperazine rings is 1. The van der Waals surface area contributed by atoms with E-state index in [9.17, 15) is 20.6 Å². The molecule has 1 fully saturated rings. The van der Waals surface area contributed by atoms with Crippen molar-refractivity contribution < 1.29 is 34.3 Å². The highest BCUT2D eigenvalue weighted by molar-refractivity contribution is 5.67. The van der Waals surface area contributed by atoms with Crippen LogP contribution < -0.4 is 18.9 Å². The summed E-state index contributed by atoms with van der Waals surface area (Å²) in [4.78, 5) is 4.32. The first-order valence-electron chi connectivity index (χ1n) is 13.2. The first kappa shape index (κ1) is 27.2. The van der Waals surface area contributed by atoms with Gasteiger partial charge in [-0.25, -0.2) is 0 Å². The number of likely N-dealkylation sites (N-methyl/N-ethyl adjacent to an activating group) is 1. The molecule has 5 rings (SSSR count). The molecule has 0 aliphatic carbocycles. The second-order valence-corrected chi connectivity index (χ2v) is 10.4. The summed E-state index contributed by atoms with van der Waals surface area (Å²) in [5.41, 5.74) is 4.10. The Balaban J connectivity index is 1.84. The number of nitrogens with zero attached hydrogens (tertiary/aromatic N) is 3. The van der Waals surface area contributed by atoms with Crippen molar-refractivity contribution in [2.24, 2.45) is 0 Å². The van der Waals surface area contributed by atoms with Gasteiger partial charge in [-0.2, -0.15) is 5.26 Å². The molecule has 3 aliphatic rings. The molecule has 39 heavy (non-hydrogen) atoms. The minimum absolute atomic E-state index is 0.0575. The summed E-state index contributed by atoms with van der Waals surface area (Å²) in [5, 5.41) is 44.5. The first-order chi connectivity index (χ1) is 18.7. The topological polar surface area (TPSA) is 128 Å². The zero-order chi connectivity index (χ0) is 28.3. The fourth-order valence-electron chi connectivity index (χ4n) is 7.58. The maximum absolute atomic E-state index is 11.6. The summed E-state index contributed by atoms with van der Waals surface area (Å²) in [6.45, 7) is 6.01. The normalized spacial score (nSPS) is 25.7. The van der Waals surface area contributed by atoms with Crippen molar-refractivity contribution in [3.8, 4) is 40.6 Å². The molecule has 1 saturated heterocycles. The molecule has 2 aromatic rings. The van der Waals surface area contributed by atoms with E-state index in [-0.39, 0.29) is 36.2 Å². The predicted octanol–water partition coefficient (Wildman–Crippen LogP) is 2.90. The molecule has 0 aromatic heterocycles. The number of methoxy groups -OCH3 is 4. The number of phenolic OH excluding ortho intramolecular Hbond substituents is 2. The zero-order valence-corrected chi connectivity index (χ0v) is 23.5. The molecule has 3 N–H and O–H groups in total. The molecule has 5 atom stereocenters. The van der Waals surface area contributed by atoms with Gasteiger partial charge in [0.25, 0.3) is 0 Å². The molecule has 10 heteroatoms. The van der Waals surface area contributed by atoms with Gasteiger partial charge in [-0.1, -0.05) is 6.92 Å². The van der Waals surface area contributed by atoms with Gasteiger partial charge in [0.2, 0.25) is 0 Å². The Morgan fingerprint density at radius 2 is 1.44 bits per heavy atom. The van der Waals surface area contributed by atoms with E-state index in [1.54, 1.807) is 14.0 Å². The number of benzene rings is 2. The Kier molecular flexibility index (Phi) is 6.95. The second-order valence-electron chi connectivity index (χ2n) is 10.4. The van der Waals surface area contributed by atoms with Crippen molar-refractivity contribution in [1.29, 1.82) is 5.26 Å². The fourth-order valence-corrected chi connectivity index (χ4v) is 7.58. The largest absolute Gasteiger partial charge is 0.507 e. The molecular formula is C29H37N3O7. The van der Waals surface area contributed by atoms with Crippen LogP contribution in [-0.2, 0) is 12.8 Å². The minimum atomic E-state index is -0.638. The molecule has 0 saturated carbocycles. The fraction of sp³-hybridized carbons (Fsp3) is 0.552. The summed E-state index contributed by atoms with van der Waals surface area (Å²) >= 11 is 0. The zero-order valence-electron chi connectivity index (χ0n) is 23.5. The smallest absolute Gasteiger partial charge is 0.167 e. The molecule has 0 radical (unpaired) electrons. The van der Waals surface area contributed by atoms with Crippen LogP contribution in [-0.4, -0.2) is 84.8 Å². The summed E-state index contributed by atoms with van der Waals surface area (Å²) in [5.74, 6) is 1.99. The lowest BCUT2D eigenvalue weighted by molar-refractivity contribution is -0.0914. The Labute approximate surface area is 228 Å². The number of aliphatic hydroxyl groups excluding tert-OH is 1. The molecular weight excluding hydrogens is 502 g/mol. The first-order valence-corrected chi connectivity index (χ1v) is 13.2. The lowest BCUT2D eigenvalue weighted by Crippen LogP contribution is -2.69. The number of rotatable bonds is 6. The predicted molar refractivity (Wildman–Crippen MR) is 143 cm³/mol. The Hall–Kier alpha value is -3.39. The van der Waals surface area contributed by atoms with E-state index in [4.69, 9.17) is 18.9 Å². The van der Waals surface area contributed by atoms with Gasteiger partial charge in [-0.15, -0.1) is 0 Å². The number of nitriles is 1. The highest BCUT2D eigenvalue weighted by Gasteiger charge is 2.57. The molecule has 2 unspecified atom stereocenters. The van der Waals surface area contributed by atoms with E-state index < -0.39 is 12.1 Å². The van der Waals surface area contributed by atoms with Gasteiger partial charge >= 0.3 is 0 Å². The third kappa shape index (κ3) is 3.50. The molecule has 0 spiro atoms. The van der Waals surface area contributed by atoms with Crippen LogP contribution in [0.1, 0.15) is 52.4 Å². The van der Waals surface area contributed by atoms with E-state index in [1.165, 1.54) is 21.3 Å². The molecule has 2 aromatic carbocycles. The summed E-state index contributed by atoms with van der Waals surface area (Å²) in [7, 11) is 6.18. The van der Waals surface area contributed by atoms with E-state index in [1.807, 2.05) is 13.8 Å². The van der Waals surface area contributed by atoms with Crippen LogP contribution in [0.3, 0.4) is 0 Å². The monoisotopic (exact) mass is 539 g/mol. The van der Waals surface area contributed by atoms with Gasteiger partial charge in [0.15, 0.2) is 23.0 Å². The van der Waals surface area contributed by atoms with Gasteiger partial charge in [-0.05, 0) is 33.2 Å². The van der Waals surface area contributed by atoms with Crippen molar-refractivity contribution in [1.82, 2.24) is 9.80 Å². The Morgan fingerprint density at radius 1 is 0.821 bits per heavy atom. The average molecular weight is 540 g/mol. The van der Waals surface area contributed by atoms with Crippen LogP contribution in [0.5, 0.6) is 34.5 Å². The van der Waals surface area contributed by atoms with E-state index >= 15 is 0 Å². The van der Waals surface area contributed by atoms with Crippen molar-refractivity contribution in [2.45, 2.75) is 63.8 Å². The summed E-state index contributed by atoms with van der Waals surface area (Å²) in [6, 6.07) is 0.378. The lowest BCUT2D eigenvalue weighted by atomic mass is 9.71. The highest BCUT2D eigenvalue weighted by Crippen LogP contribution is 2.59. The quantitative estimate of drug-likeness (QED) is 0.504. The molecule has 0 amide bonds. The second kappa shape index (κ2) is 9.97. The third-order valence-corrected chi connectivity index (χ3v) is 9.03. The number of ether oxygens (including phenoxy) is 4. The van der Waals surface area contributed by atoms with E-state index in [0.29, 0.717) is 70.2 Å². The van der Waals surface area contributed by atoms with Crippen molar-refractivity contribution in [3.05, 3.63) is 33.4 Å². The number of aromatic hydroxyl groups is 2. The molecule has 2 bridgehead atoms. The van der Waals surface area contributed by atoms with Gasteiger partial charge in [0, 0.05) is 45.5 Å². The molecule has 3 heterocycles. The van der Waals surface area contributed by atoms with Gasteiger partial charge in [0.05, 0.1) is 53.2 Å². The minimum Gasteiger partial charge on any atom is -0.507 e. The van der Waals surface area contributed by atoms with Gasteiger partial charge in [0.1, 0.15) is 17.5 Å². The van der Waals surface area contributed by atoms with Crippen molar-refractivity contribution >= 4 is 0 Å². The highest BCUT2D eigenvalue weighted by atomic mass is 16.5. The maximum Gasteiger partial charge on any atom is 0.167 e. The lowest BCUT2D eigenvalue weighted by Gasteiger charge is -2.60. The average Bonchev–Trinajstić information content (AvgIpc) is 2.94. The van der Waals surface area contributed by atoms with Crippen LogP contribution in [0.2, 0.25) is 0 Å². The summed E-state index contributed by atoms with van der Waals surface area (Å²) in [6.07, 6.45) is 0.843. The Bertz CT molecular complexity index is 1350. The van der Waals surface area contributed by atoms with Crippen LogP contribution in [0.15, 0.2) is 0 Å². The van der Waals surface area contributed by atoms with Crippen LogP contribution >= 0.6 is 0 Å². The molecule has 210 valence electrons. The van der Waals surface area contributed by atoms with E-state index in [0.717, 1.165) is 5.56 Å². The van der Waals surface area contributed by atoms with Gasteiger partial charge in [-0.3, -0.25) is 9.80 Å². The molecule has 3 aliphatic heterocycles. The number of aliphatic hydroxyl groups is 1. The number of hydrogen-bond donors (Lipinski definition) is 3. The van der Waals surface area contributed by atoms with Crippen molar-refractivity contribution in [3.63, 3.8) is 0 Å². The third-order valence-electron chi connectivity index (χ3n) is 9.03. The number of phenols is 2. The van der Waals surface area contributed by atoms with E-state index in [2.05, 4.69) is 15.9 Å². The standard InChI is InChI=1S/C29H37N3O7/c1-8-31-17-10-16-22(25(35)27(37-5)14(3)26(16)36-4)23(31)18-9-15-21(20(12-33)32(18)19(17)11-30)29(39-7)28(38-6)13(2)24(15)34/h17-20,23,33-35H,8-10,12H2,1-7H3/t17?,18-,19-,20-,23?/m0/s1. The number of hydrogen-bond acceptors (Lipinski definition) is 10.